The van der Waals surface area contributed by atoms with Gasteiger partial charge in [0, 0.05) is 17.6 Å². The Kier molecular flexibility index (Phi) is 6.41. The first kappa shape index (κ1) is 18.0. The van der Waals surface area contributed by atoms with Gasteiger partial charge in [0.2, 0.25) is 0 Å². The van der Waals surface area contributed by atoms with Crippen LogP contribution in [0, 0.1) is 0 Å². The van der Waals surface area contributed by atoms with Crippen molar-refractivity contribution in [2.45, 2.75) is 46.7 Å². The summed E-state index contributed by atoms with van der Waals surface area (Å²) in [6.45, 7) is 14.1. The van der Waals surface area contributed by atoms with Crippen LogP contribution in [0.25, 0.3) is 5.57 Å². The average Bonchev–Trinajstić information content (AvgIpc) is 2.45. The van der Waals surface area contributed by atoms with E-state index in [1.807, 2.05) is 69.9 Å². The number of benzene rings is 1. The van der Waals surface area contributed by atoms with E-state index in [9.17, 15) is 4.79 Å². The van der Waals surface area contributed by atoms with Crippen molar-refractivity contribution in [3.8, 4) is 5.75 Å². The zero-order valence-electron chi connectivity index (χ0n) is 14.5. The van der Waals surface area contributed by atoms with Gasteiger partial charge in [-0.25, -0.2) is 0 Å². The Morgan fingerprint density at radius 1 is 1.18 bits per heavy atom. The number of amides is 1. The zero-order valence-corrected chi connectivity index (χ0v) is 14.5. The first-order chi connectivity index (χ1) is 10.3. The summed E-state index contributed by atoms with van der Waals surface area (Å²) in [5.41, 5.74) is 2.28. The maximum atomic E-state index is 13.0. The van der Waals surface area contributed by atoms with Gasteiger partial charge in [-0.2, -0.15) is 0 Å². The molecule has 1 rings (SSSR count). The van der Waals surface area contributed by atoms with Crippen LogP contribution in [-0.2, 0) is 0 Å². The van der Waals surface area contributed by atoms with Crippen molar-refractivity contribution in [1.29, 1.82) is 0 Å². The molecule has 0 aliphatic heterocycles. The van der Waals surface area contributed by atoms with E-state index in [1.54, 1.807) is 7.11 Å². The van der Waals surface area contributed by atoms with Gasteiger partial charge in [-0.1, -0.05) is 18.7 Å². The first-order valence-electron chi connectivity index (χ1n) is 7.66. The minimum atomic E-state index is 0.0216. The van der Waals surface area contributed by atoms with Crippen molar-refractivity contribution in [1.82, 2.24) is 4.90 Å². The summed E-state index contributed by atoms with van der Waals surface area (Å²) in [5, 5.41) is 0. The number of carbonyl (C=O) groups excluding carboxylic acids is 1. The molecule has 0 saturated heterocycles. The molecule has 0 unspecified atom stereocenters. The van der Waals surface area contributed by atoms with E-state index in [0.29, 0.717) is 5.56 Å². The fourth-order valence-corrected chi connectivity index (χ4v) is 2.60. The van der Waals surface area contributed by atoms with E-state index in [0.717, 1.165) is 16.9 Å². The lowest BCUT2D eigenvalue weighted by Crippen LogP contribution is -2.42. The summed E-state index contributed by atoms with van der Waals surface area (Å²) in [7, 11) is 1.62. The maximum Gasteiger partial charge on any atom is 0.254 e. The van der Waals surface area contributed by atoms with Gasteiger partial charge >= 0.3 is 0 Å². The molecule has 1 aromatic carbocycles. The molecule has 1 amide bonds. The highest BCUT2D eigenvalue weighted by Crippen LogP contribution is 2.26. The quantitative estimate of drug-likeness (QED) is 0.722. The monoisotopic (exact) mass is 301 g/mol. The largest absolute Gasteiger partial charge is 0.497 e. The Morgan fingerprint density at radius 2 is 1.77 bits per heavy atom. The molecule has 0 bridgehead atoms. The predicted molar refractivity (Wildman–Crippen MR) is 93.3 cm³/mol. The molecule has 0 radical (unpaired) electrons. The smallest absolute Gasteiger partial charge is 0.254 e. The fraction of sp³-hybridized carbons (Fsp3) is 0.421. The Hall–Kier alpha value is -2.03. The molecule has 0 aromatic heterocycles. The Bertz CT molecular complexity index is 563. The molecule has 120 valence electrons. The molecule has 0 N–H and O–H groups in total. The Morgan fingerprint density at radius 3 is 2.23 bits per heavy atom. The third-order valence-electron chi connectivity index (χ3n) is 3.52. The first-order valence-corrected chi connectivity index (χ1v) is 7.66. The fourth-order valence-electron chi connectivity index (χ4n) is 2.60. The van der Waals surface area contributed by atoms with Crippen LogP contribution in [0.2, 0.25) is 0 Å². The number of carbonyl (C=O) groups is 1. The molecular formula is C19H27NO2. The zero-order chi connectivity index (χ0) is 16.9. The predicted octanol–water partition coefficient (Wildman–Crippen LogP) is 4.54. The second-order valence-corrected chi connectivity index (χ2v) is 5.84. The van der Waals surface area contributed by atoms with Crippen molar-refractivity contribution in [3.05, 3.63) is 48.1 Å². The normalized spacial score (nSPS) is 11.3. The van der Waals surface area contributed by atoms with Gasteiger partial charge in [-0.3, -0.25) is 4.79 Å². The van der Waals surface area contributed by atoms with E-state index in [4.69, 9.17) is 4.74 Å². The van der Waals surface area contributed by atoms with Gasteiger partial charge in [0.15, 0.2) is 0 Å². The highest BCUT2D eigenvalue weighted by Gasteiger charge is 2.24. The number of hydrogen-bond acceptors (Lipinski definition) is 2. The van der Waals surface area contributed by atoms with Crippen LogP contribution in [0.1, 0.15) is 50.5 Å². The number of rotatable bonds is 6. The highest BCUT2D eigenvalue weighted by atomic mass is 16.5. The second-order valence-electron chi connectivity index (χ2n) is 5.84. The van der Waals surface area contributed by atoms with Crippen LogP contribution in [-0.4, -0.2) is 30.0 Å². The molecule has 3 heteroatoms. The van der Waals surface area contributed by atoms with E-state index >= 15 is 0 Å². The van der Waals surface area contributed by atoms with Crippen LogP contribution >= 0.6 is 0 Å². The number of hydrogen-bond donors (Lipinski definition) is 0. The SMILES string of the molecule is C=C(/C=C\C)c1cc(OC)ccc1C(=O)N(C(C)C)C(C)C. The Labute approximate surface area is 134 Å². The minimum Gasteiger partial charge on any atom is -0.497 e. The summed E-state index contributed by atoms with van der Waals surface area (Å²) in [6, 6.07) is 5.78. The molecule has 0 atom stereocenters. The van der Waals surface area contributed by atoms with Gasteiger partial charge in [0.05, 0.1) is 7.11 Å². The number of methoxy groups -OCH3 is 1. The molecular weight excluding hydrogens is 274 g/mol. The Balaban J connectivity index is 3.39. The van der Waals surface area contributed by atoms with Gasteiger partial charge in [-0.15, -0.1) is 0 Å². The van der Waals surface area contributed by atoms with Gasteiger partial charge in [0.1, 0.15) is 5.75 Å². The van der Waals surface area contributed by atoms with Crippen LogP contribution in [0.5, 0.6) is 5.75 Å². The van der Waals surface area contributed by atoms with Gasteiger partial charge in [0.25, 0.3) is 5.91 Å². The highest BCUT2D eigenvalue weighted by molar-refractivity contribution is 6.00. The van der Waals surface area contributed by atoms with Crippen molar-refractivity contribution in [2.75, 3.05) is 7.11 Å². The summed E-state index contributed by atoms with van der Waals surface area (Å²) >= 11 is 0. The minimum absolute atomic E-state index is 0.0216. The van der Waals surface area contributed by atoms with Gasteiger partial charge < -0.3 is 9.64 Å². The van der Waals surface area contributed by atoms with Crippen LogP contribution < -0.4 is 4.74 Å². The van der Waals surface area contributed by atoms with E-state index < -0.39 is 0 Å². The third kappa shape index (κ3) is 4.00. The topological polar surface area (TPSA) is 29.5 Å². The lowest BCUT2D eigenvalue weighted by atomic mass is 9.98. The van der Waals surface area contributed by atoms with Crippen molar-refractivity contribution in [2.24, 2.45) is 0 Å². The molecule has 1 aromatic rings. The van der Waals surface area contributed by atoms with E-state index in [-0.39, 0.29) is 18.0 Å². The van der Waals surface area contributed by atoms with Crippen molar-refractivity contribution < 1.29 is 9.53 Å². The molecule has 3 nitrogen and oxygen atoms in total. The molecule has 0 fully saturated rings. The second kappa shape index (κ2) is 7.83. The lowest BCUT2D eigenvalue weighted by molar-refractivity contribution is 0.0643. The maximum absolute atomic E-state index is 13.0. The van der Waals surface area contributed by atoms with E-state index in [1.165, 1.54) is 0 Å². The standard InChI is InChI=1S/C19H27NO2/c1-8-9-15(6)18-12-16(22-7)10-11-17(18)19(21)20(13(2)3)14(4)5/h8-14H,6H2,1-5,7H3/b9-8-. The summed E-state index contributed by atoms with van der Waals surface area (Å²) in [5.74, 6) is 0.742. The molecule has 0 aliphatic carbocycles. The number of ether oxygens (including phenoxy) is 1. The lowest BCUT2D eigenvalue weighted by Gasteiger charge is -2.31. The summed E-state index contributed by atoms with van der Waals surface area (Å²) < 4.78 is 5.28. The van der Waals surface area contributed by atoms with Crippen molar-refractivity contribution >= 4 is 11.5 Å². The third-order valence-corrected chi connectivity index (χ3v) is 3.52. The molecule has 0 spiro atoms. The van der Waals surface area contributed by atoms with Crippen LogP contribution in [0.15, 0.2) is 36.9 Å². The van der Waals surface area contributed by atoms with Gasteiger partial charge in [-0.05, 0) is 64.0 Å². The van der Waals surface area contributed by atoms with Crippen LogP contribution in [0.3, 0.4) is 0 Å². The molecule has 0 saturated carbocycles. The average molecular weight is 301 g/mol. The molecule has 0 heterocycles. The summed E-state index contributed by atoms with van der Waals surface area (Å²) in [4.78, 5) is 14.9. The number of nitrogens with zero attached hydrogens (tertiary/aromatic N) is 1. The van der Waals surface area contributed by atoms with E-state index in [2.05, 4.69) is 6.58 Å². The van der Waals surface area contributed by atoms with Crippen molar-refractivity contribution in [3.63, 3.8) is 0 Å². The molecule has 22 heavy (non-hydrogen) atoms. The molecule has 0 aliphatic rings. The van der Waals surface area contributed by atoms with Crippen LogP contribution in [0.4, 0.5) is 0 Å². The number of allylic oxidation sites excluding steroid dienone is 3. The summed E-state index contributed by atoms with van der Waals surface area (Å²) in [6.07, 6.45) is 3.82.